The van der Waals surface area contributed by atoms with E-state index < -0.39 is 0 Å². The van der Waals surface area contributed by atoms with Crippen molar-refractivity contribution in [3.05, 3.63) is 165 Å². The van der Waals surface area contributed by atoms with Gasteiger partial charge in [-0.1, -0.05) is 139 Å². The summed E-state index contributed by atoms with van der Waals surface area (Å²) in [4.78, 5) is 0. The molecule has 0 N–H and O–H groups in total. The van der Waals surface area contributed by atoms with Crippen molar-refractivity contribution in [3.63, 3.8) is 0 Å². The molecule has 0 radical (unpaired) electrons. The van der Waals surface area contributed by atoms with Crippen LogP contribution in [0.4, 0.5) is 0 Å². The number of fused-ring (bicyclic) bond motifs is 5. The first-order valence-corrected chi connectivity index (χ1v) is 22.4. The van der Waals surface area contributed by atoms with Crippen LogP contribution in [-0.2, 0) is 52.3 Å². The summed E-state index contributed by atoms with van der Waals surface area (Å²) in [6.07, 6.45) is 14.8. The molecule has 0 amide bonds. The SMILES string of the molecule is CC(C)(C)c1cc[c-]cc1.CC(C)(C)c1cc[c-]cc1.CC1=[C-]C(C)(C)c2cc3c(cc21)-c1cc2c(cc1C3)C(C)(C)C=C2C.CC1[C-]=CC(C(C)(C)C)=C1.Cl.Cl.[CH2]=[Zr]. The van der Waals surface area contributed by atoms with Crippen LogP contribution in [0.5, 0.6) is 0 Å². The van der Waals surface area contributed by atoms with Gasteiger partial charge in [0.2, 0.25) is 0 Å². The summed E-state index contributed by atoms with van der Waals surface area (Å²) in [6, 6.07) is 32.1. The molecular formula is C56H70Cl2Zr-4. The predicted octanol–water partition coefficient (Wildman–Crippen LogP) is 15.8. The van der Waals surface area contributed by atoms with Gasteiger partial charge in [-0.15, -0.1) is 36.4 Å². The molecule has 3 heteroatoms. The minimum atomic E-state index is 0. The molecule has 0 spiro atoms. The second-order valence-electron chi connectivity index (χ2n) is 20.3. The normalized spacial score (nSPS) is 16.9. The fourth-order valence-corrected chi connectivity index (χ4v) is 8.10. The molecular weight excluding hydrogens is 835 g/mol. The van der Waals surface area contributed by atoms with Crippen molar-refractivity contribution in [1.82, 2.24) is 0 Å². The van der Waals surface area contributed by atoms with E-state index in [2.05, 4.69) is 206 Å². The summed E-state index contributed by atoms with van der Waals surface area (Å²) < 4.78 is 3.34. The molecule has 0 aromatic heterocycles. The van der Waals surface area contributed by atoms with Crippen LogP contribution in [0.25, 0.3) is 22.3 Å². The monoisotopic (exact) mass is 902 g/mol. The third-order valence-electron chi connectivity index (χ3n) is 11.4. The third kappa shape index (κ3) is 12.9. The van der Waals surface area contributed by atoms with Gasteiger partial charge in [0.05, 0.1) is 0 Å². The van der Waals surface area contributed by atoms with Gasteiger partial charge < -0.3 is 0 Å². The van der Waals surface area contributed by atoms with Gasteiger partial charge in [-0.05, 0) is 69.2 Å². The molecule has 4 aliphatic carbocycles. The first kappa shape index (κ1) is 52.3. The number of halogens is 2. The quantitative estimate of drug-likeness (QED) is 0.136. The Balaban J connectivity index is 0.000000297. The fourth-order valence-electron chi connectivity index (χ4n) is 8.10. The Bertz CT molecular complexity index is 2020. The minimum absolute atomic E-state index is 0. The van der Waals surface area contributed by atoms with Crippen molar-refractivity contribution in [2.75, 3.05) is 0 Å². The van der Waals surface area contributed by atoms with Crippen molar-refractivity contribution in [2.24, 2.45) is 11.3 Å². The standard InChI is InChI=1S/C25H25.C10H15.2C10H13.CH2.2ClH.Zr/c1-14-12-24(3,4)22-8-16-7-17-9-23-19(15(2)13-25(23,5)6)11-21(17)20(16)10-18(14)22;1-8-5-6-9(7-8)10(2,3)4;2*1-10(2,3)9-7-5-4-6-8-9;;;;/h8-12H,7H2,1-6H3;6-8H,1-4H3;2*5-8H,1-3H3;1H2;2*1H;/q4*-1;;;;. The zero-order valence-corrected chi connectivity index (χ0v) is 43.1. The van der Waals surface area contributed by atoms with Gasteiger partial charge in [-0.2, -0.15) is 89.0 Å². The predicted molar refractivity (Wildman–Crippen MR) is 261 cm³/mol. The number of hydrogen-bond acceptors (Lipinski definition) is 0. The maximum absolute atomic E-state index is 3.65. The van der Waals surface area contributed by atoms with Crippen LogP contribution in [0.3, 0.4) is 0 Å². The van der Waals surface area contributed by atoms with Crippen LogP contribution in [0.2, 0.25) is 0 Å². The van der Waals surface area contributed by atoms with Crippen LogP contribution in [0.1, 0.15) is 155 Å². The second kappa shape index (κ2) is 20.4. The summed E-state index contributed by atoms with van der Waals surface area (Å²) in [5, 5.41) is 0. The first-order valence-electron chi connectivity index (χ1n) is 20.7. The number of rotatable bonds is 0. The Morgan fingerprint density at radius 1 is 0.627 bits per heavy atom. The molecule has 59 heavy (non-hydrogen) atoms. The van der Waals surface area contributed by atoms with Gasteiger partial charge in [-0.3, -0.25) is 12.2 Å². The summed E-state index contributed by atoms with van der Waals surface area (Å²) in [5.74, 6) is 0.522. The van der Waals surface area contributed by atoms with E-state index in [-0.39, 0.29) is 46.5 Å². The van der Waals surface area contributed by atoms with E-state index in [9.17, 15) is 0 Å². The van der Waals surface area contributed by atoms with Crippen LogP contribution in [0, 0.1) is 35.6 Å². The number of hydrogen-bond donors (Lipinski definition) is 0. The average molecular weight is 905 g/mol. The van der Waals surface area contributed by atoms with Crippen molar-refractivity contribution in [3.8, 4) is 11.1 Å². The van der Waals surface area contributed by atoms with E-state index in [1.807, 2.05) is 24.3 Å². The molecule has 0 bridgehead atoms. The van der Waals surface area contributed by atoms with Gasteiger partial charge in [0.1, 0.15) is 0 Å². The Morgan fingerprint density at radius 3 is 1.44 bits per heavy atom. The zero-order chi connectivity index (χ0) is 42.7. The van der Waals surface area contributed by atoms with E-state index in [4.69, 9.17) is 0 Å². The Labute approximate surface area is 388 Å². The van der Waals surface area contributed by atoms with Crippen LogP contribution >= 0.6 is 24.8 Å². The maximum atomic E-state index is 3.65. The molecule has 8 rings (SSSR count). The molecule has 0 fully saturated rings. The van der Waals surface area contributed by atoms with Crippen molar-refractivity contribution in [1.29, 1.82) is 0 Å². The van der Waals surface area contributed by atoms with Gasteiger partial charge in [0.15, 0.2) is 0 Å². The van der Waals surface area contributed by atoms with Crippen molar-refractivity contribution < 1.29 is 24.2 Å². The molecule has 0 saturated carbocycles. The van der Waals surface area contributed by atoms with Crippen LogP contribution in [-0.4, -0.2) is 4.21 Å². The Kier molecular flexibility index (Phi) is 18.1. The molecule has 4 aromatic carbocycles. The number of allylic oxidation sites excluding steroid dienone is 8. The average Bonchev–Trinajstić information content (AvgIpc) is 3.85. The summed E-state index contributed by atoms with van der Waals surface area (Å²) >= 11 is 1.30. The molecule has 1 unspecified atom stereocenters. The fraction of sp³-hybridized carbons (Fsp3) is 0.411. The van der Waals surface area contributed by atoms with E-state index in [0.29, 0.717) is 11.3 Å². The molecule has 4 aliphatic rings. The Hall–Kier alpha value is -2.83. The molecule has 316 valence electrons. The van der Waals surface area contributed by atoms with Gasteiger partial charge in [-0.25, -0.2) is 11.6 Å². The van der Waals surface area contributed by atoms with E-state index in [1.165, 1.54) is 96.6 Å². The number of benzene rings is 4. The van der Waals surface area contributed by atoms with Crippen molar-refractivity contribution >= 4 is 40.2 Å². The van der Waals surface area contributed by atoms with Crippen molar-refractivity contribution in [2.45, 2.75) is 139 Å². The molecule has 0 saturated heterocycles. The Morgan fingerprint density at radius 2 is 1.07 bits per heavy atom. The zero-order valence-electron chi connectivity index (χ0n) is 39.0. The molecule has 0 heterocycles. The van der Waals surface area contributed by atoms with E-state index >= 15 is 0 Å². The van der Waals surface area contributed by atoms with Crippen LogP contribution < -0.4 is 0 Å². The van der Waals surface area contributed by atoms with Gasteiger partial charge >= 0.3 is 28.4 Å². The van der Waals surface area contributed by atoms with E-state index in [1.54, 1.807) is 0 Å². The molecule has 0 aliphatic heterocycles. The van der Waals surface area contributed by atoms with Gasteiger partial charge in [0.25, 0.3) is 0 Å². The summed E-state index contributed by atoms with van der Waals surface area (Å²) in [7, 11) is 0. The van der Waals surface area contributed by atoms with Crippen LogP contribution in [0.15, 0.2) is 96.6 Å². The molecule has 0 nitrogen and oxygen atoms in total. The summed E-state index contributed by atoms with van der Waals surface area (Å²) in [6.45, 7) is 35.8. The second-order valence-corrected chi connectivity index (χ2v) is 20.3. The molecule has 1 atom stereocenters. The summed E-state index contributed by atoms with van der Waals surface area (Å²) in [5.41, 5.74) is 19.5. The topological polar surface area (TPSA) is 0 Å². The third-order valence-corrected chi connectivity index (χ3v) is 11.4. The first-order chi connectivity index (χ1) is 26.4. The molecule has 4 aromatic rings. The van der Waals surface area contributed by atoms with Gasteiger partial charge in [0, 0.05) is 5.41 Å². The van der Waals surface area contributed by atoms with E-state index in [0.717, 1.165) is 6.42 Å².